The van der Waals surface area contributed by atoms with Crippen molar-refractivity contribution in [2.75, 3.05) is 26.2 Å². The molecule has 1 saturated heterocycles. The average Bonchev–Trinajstić information content (AvgIpc) is 3.16. The van der Waals surface area contributed by atoms with E-state index in [1.165, 1.54) is 0 Å². The molecule has 2 unspecified atom stereocenters. The van der Waals surface area contributed by atoms with Crippen molar-refractivity contribution in [3.63, 3.8) is 0 Å². The van der Waals surface area contributed by atoms with E-state index in [2.05, 4.69) is 22.0 Å². The Morgan fingerprint density at radius 3 is 2.32 bits per heavy atom. The van der Waals surface area contributed by atoms with Gasteiger partial charge in [0.2, 0.25) is 11.8 Å². The minimum atomic E-state index is -0.609. The van der Waals surface area contributed by atoms with E-state index in [9.17, 15) is 4.79 Å². The van der Waals surface area contributed by atoms with Crippen LogP contribution in [0.5, 0.6) is 0 Å². The third-order valence-corrected chi connectivity index (χ3v) is 5.03. The molecule has 1 aliphatic heterocycles. The molecule has 0 bridgehead atoms. The van der Waals surface area contributed by atoms with Gasteiger partial charge in [-0.05, 0) is 19.4 Å². The van der Waals surface area contributed by atoms with Crippen molar-refractivity contribution >= 4 is 30.7 Å². The van der Waals surface area contributed by atoms with Crippen LogP contribution < -0.4 is 5.73 Å². The van der Waals surface area contributed by atoms with Gasteiger partial charge in [0.15, 0.2) is 5.82 Å². The van der Waals surface area contributed by atoms with Crippen molar-refractivity contribution in [2.45, 2.75) is 39.3 Å². The van der Waals surface area contributed by atoms with Gasteiger partial charge >= 0.3 is 0 Å². The van der Waals surface area contributed by atoms with Gasteiger partial charge in [0, 0.05) is 32.6 Å². The molecule has 0 aliphatic carbocycles. The van der Waals surface area contributed by atoms with E-state index in [-0.39, 0.29) is 36.8 Å². The standard InChI is InChI=1S/C19H27N5O2.2ClH/c1-4-16-21-18(26-22-16)14(3)23-9-11-24(12-10-23)19(25)17(20)15-7-5-13(2)6-8-15;;/h5-8,14,17H,4,9-12,20H2,1-3H3;2*1H. The number of hydrogen-bond acceptors (Lipinski definition) is 6. The number of hydrogen-bond donors (Lipinski definition) is 1. The zero-order valence-corrected chi connectivity index (χ0v) is 18.1. The predicted octanol–water partition coefficient (Wildman–Crippen LogP) is 2.69. The van der Waals surface area contributed by atoms with Crippen LogP contribution in [0.1, 0.15) is 48.8 Å². The molecule has 0 saturated carbocycles. The van der Waals surface area contributed by atoms with Gasteiger partial charge < -0.3 is 15.2 Å². The first-order valence-electron chi connectivity index (χ1n) is 9.17. The number of aryl methyl sites for hydroxylation is 2. The number of nitrogens with zero attached hydrogens (tertiary/aromatic N) is 4. The van der Waals surface area contributed by atoms with Gasteiger partial charge in [-0.2, -0.15) is 4.98 Å². The molecule has 156 valence electrons. The van der Waals surface area contributed by atoms with Gasteiger partial charge in [0.1, 0.15) is 6.04 Å². The number of rotatable bonds is 5. The molecule has 9 heteroatoms. The van der Waals surface area contributed by atoms with Gasteiger partial charge in [-0.3, -0.25) is 9.69 Å². The van der Waals surface area contributed by atoms with Crippen LogP contribution in [0.15, 0.2) is 28.8 Å². The van der Waals surface area contributed by atoms with E-state index in [1.54, 1.807) is 0 Å². The van der Waals surface area contributed by atoms with E-state index in [1.807, 2.05) is 43.0 Å². The Labute approximate surface area is 178 Å². The summed E-state index contributed by atoms with van der Waals surface area (Å²) in [7, 11) is 0. The van der Waals surface area contributed by atoms with Crippen LogP contribution >= 0.6 is 24.8 Å². The van der Waals surface area contributed by atoms with Gasteiger partial charge in [-0.1, -0.05) is 41.9 Å². The summed E-state index contributed by atoms with van der Waals surface area (Å²) in [6, 6.07) is 7.26. The normalized spacial score (nSPS) is 16.6. The topological polar surface area (TPSA) is 88.5 Å². The summed E-state index contributed by atoms with van der Waals surface area (Å²) < 4.78 is 5.35. The second-order valence-corrected chi connectivity index (χ2v) is 6.83. The molecule has 1 aromatic heterocycles. The lowest BCUT2D eigenvalue weighted by atomic mass is 10.0. The zero-order chi connectivity index (χ0) is 18.7. The van der Waals surface area contributed by atoms with Gasteiger partial charge in [0.25, 0.3) is 0 Å². The molecule has 3 rings (SSSR count). The maximum absolute atomic E-state index is 12.7. The smallest absolute Gasteiger partial charge is 0.244 e. The number of carbonyl (C=O) groups excluding carboxylic acids is 1. The maximum atomic E-state index is 12.7. The summed E-state index contributed by atoms with van der Waals surface area (Å²) in [6.45, 7) is 8.90. The molecular weight excluding hydrogens is 401 g/mol. The lowest BCUT2D eigenvalue weighted by Crippen LogP contribution is -2.51. The van der Waals surface area contributed by atoms with Gasteiger partial charge in [0.05, 0.1) is 6.04 Å². The number of aromatic nitrogens is 2. The van der Waals surface area contributed by atoms with Crippen LogP contribution in [0.2, 0.25) is 0 Å². The molecule has 2 N–H and O–H groups in total. The Balaban J connectivity index is 0.00000196. The van der Waals surface area contributed by atoms with Crippen LogP contribution in [-0.4, -0.2) is 52.0 Å². The second-order valence-electron chi connectivity index (χ2n) is 6.83. The fourth-order valence-electron chi connectivity index (χ4n) is 3.18. The molecule has 2 atom stereocenters. The first kappa shape index (κ1) is 24.4. The highest BCUT2D eigenvalue weighted by Gasteiger charge is 2.29. The Hall–Kier alpha value is -1.67. The molecule has 1 aromatic carbocycles. The third kappa shape index (κ3) is 5.44. The Kier molecular flexibility index (Phi) is 9.36. The molecule has 7 nitrogen and oxygen atoms in total. The molecule has 1 fully saturated rings. The highest BCUT2D eigenvalue weighted by Crippen LogP contribution is 2.22. The molecule has 1 aliphatic rings. The fourth-order valence-corrected chi connectivity index (χ4v) is 3.18. The SMILES string of the molecule is CCc1noc(C(C)N2CCN(C(=O)C(N)c3ccc(C)cc3)CC2)n1.Cl.Cl. The third-order valence-electron chi connectivity index (χ3n) is 5.03. The van der Waals surface area contributed by atoms with Crippen molar-refractivity contribution in [1.82, 2.24) is 19.9 Å². The first-order chi connectivity index (χ1) is 12.5. The van der Waals surface area contributed by atoms with Crippen LogP contribution in [0, 0.1) is 6.92 Å². The van der Waals surface area contributed by atoms with E-state index in [0.29, 0.717) is 19.0 Å². The summed E-state index contributed by atoms with van der Waals surface area (Å²) in [5.41, 5.74) is 8.20. The van der Waals surface area contributed by atoms with E-state index in [4.69, 9.17) is 10.3 Å². The molecule has 2 aromatic rings. The monoisotopic (exact) mass is 429 g/mol. The van der Waals surface area contributed by atoms with Crippen molar-refractivity contribution in [3.05, 3.63) is 47.1 Å². The summed E-state index contributed by atoms with van der Waals surface area (Å²) in [5, 5.41) is 3.96. The van der Waals surface area contributed by atoms with Crippen molar-refractivity contribution in [1.29, 1.82) is 0 Å². The highest BCUT2D eigenvalue weighted by atomic mass is 35.5. The summed E-state index contributed by atoms with van der Waals surface area (Å²) >= 11 is 0. The quantitative estimate of drug-likeness (QED) is 0.785. The fraction of sp³-hybridized carbons (Fsp3) is 0.526. The molecule has 1 amide bonds. The average molecular weight is 430 g/mol. The Morgan fingerprint density at radius 1 is 1.18 bits per heavy atom. The molecule has 28 heavy (non-hydrogen) atoms. The van der Waals surface area contributed by atoms with Crippen LogP contribution in [0.25, 0.3) is 0 Å². The minimum Gasteiger partial charge on any atom is -0.338 e. The second kappa shape index (κ2) is 10.8. The highest BCUT2D eigenvalue weighted by molar-refractivity contribution is 5.85. The Bertz CT molecular complexity index is 745. The van der Waals surface area contributed by atoms with Crippen LogP contribution in [-0.2, 0) is 11.2 Å². The number of amides is 1. The zero-order valence-electron chi connectivity index (χ0n) is 16.5. The minimum absolute atomic E-state index is 0. The van der Waals surface area contributed by atoms with E-state index in [0.717, 1.165) is 36.5 Å². The largest absolute Gasteiger partial charge is 0.338 e. The molecule has 0 radical (unpaired) electrons. The predicted molar refractivity (Wildman–Crippen MR) is 113 cm³/mol. The van der Waals surface area contributed by atoms with E-state index >= 15 is 0 Å². The molecular formula is C19H29Cl2N5O2. The van der Waals surface area contributed by atoms with Crippen molar-refractivity contribution in [2.24, 2.45) is 5.73 Å². The van der Waals surface area contributed by atoms with Crippen molar-refractivity contribution in [3.8, 4) is 0 Å². The Morgan fingerprint density at radius 2 is 1.79 bits per heavy atom. The van der Waals surface area contributed by atoms with E-state index < -0.39 is 6.04 Å². The number of benzene rings is 1. The number of halogens is 2. The maximum Gasteiger partial charge on any atom is 0.244 e. The summed E-state index contributed by atoms with van der Waals surface area (Å²) in [6.07, 6.45) is 0.759. The first-order valence-corrected chi connectivity index (χ1v) is 9.17. The number of nitrogens with two attached hydrogens (primary N) is 1. The van der Waals surface area contributed by atoms with Gasteiger partial charge in [-0.15, -0.1) is 24.8 Å². The summed E-state index contributed by atoms with van der Waals surface area (Å²) in [5.74, 6) is 1.34. The summed E-state index contributed by atoms with van der Waals surface area (Å²) in [4.78, 5) is 21.2. The van der Waals surface area contributed by atoms with Gasteiger partial charge in [-0.25, -0.2) is 0 Å². The van der Waals surface area contributed by atoms with Crippen molar-refractivity contribution < 1.29 is 9.32 Å². The lowest BCUT2D eigenvalue weighted by Gasteiger charge is -2.37. The molecule has 0 spiro atoms. The van der Waals surface area contributed by atoms with Crippen LogP contribution in [0.3, 0.4) is 0 Å². The molecule has 2 heterocycles. The lowest BCUT2D eigenvalue weighted by molar-refractivity contribution is -0.134. The number of carbonyl (C=O) groups is 1. The van der Waals surface area contributed by atoms with Crippen LogP contribution in [0.4, 0.5) is 0 Å². The number of piperazine rings is 1.